The van der Waals surface area contributed by atoms with Crippen LogP contribution in [0.3, 0.4) is 0 Å². The number of halogens is 3. The van der Waals surface area contributed by atoms with Gasteiger partial charge in [0, 0.05) is 0 Å². The van der Waals surface area contributed by atoms with Crippen molar-refractivity contribution in [2.75, 3.05) is 27.9 Å². The Kier molecular flexibility index (Phi) is 8.39. The van der Waals surface area contributed by atoms with Crippen LogP contribution in [0.1, 0.15) is 11.1 Å². The lowest BCUT2D eigenvalue weighted by Gasteiger charge is -2.14. The molecule has 13 heteroatoms. The summed E-state index contributed by atoms with van der Waals surface area (Å²) in [5.41, 5.74) is 1.02. The predicted octanol–water partition coefficient (Wildman–Crippen LogP) is 4.23. The molecule has 0 unspecified atom stereocenters. The molecule has 0 aromatic heterocycles. The van der Waals surface area contributed by atoms with Gasteiger partial charge >= 0.3 is 14.0 Å². The third-order valence-corrected chi connectivity index (χ3v) is 4.01. The maximum absolute atomic E-state index is 12.5. The van der Waals surface area contributed by atoms with Crippen molar-refractivity contribution in [3.05, 3.63) is 41.5 Å². The van der Waals surface area contributed by atoms with Crippen LogP contribution in [0.4, 0.5) is 13.2 Å². The van der Waals surface area contributed by atoms with E-state index in [4.69, 9.17) is 24.0 Å². The average molecular weight is 480 g/mol. The highest BCUT2D eigenvalue weighted by Gasteiger charge is 2.29. The summed E-state index contributed by atoms with van der Waals surface area (Å²) >= 11 is 0. The van der Waals surface area contributed by atoms with Gasteiger partial charge in [0.2, 0.25) is 11.5 Å². The molecule has 0 aliphatic heterocycles. The van der Waals surface area contributed by atoms with Gasteiger partial charge in [-0.25, -0.2) is 4.57 Å². The van der Waals surface area contributed by atoms with Crippen molar-refractivity contribution in [1.29, 1.82) is 0 Å². The standard InChI is InChI=1S/C19H20F3O9P/c1-26-16-9-13(10-17(27-2)18(16)28-3)5-4-12-6-7-14(29-11-19(20,21)22)15(8-12)30-31-32(23,24)25/h4-10H,11H2,1-3H3,(H2,23,24,25)/b5-4-. The molecule has 2 aromatic rings. The van der Waals surface area contributed by atoms with Crippen molar-refractivity contribution >= 4 is 20.0 Å². The third-order valence-electron chi connectivity index (χ3n) is 3.74. The number of alkyl halides is 3. The second kappa shape index (κ2) is 10.6. The molecule has 0 aliphatic carbocycles. The van der Waals surface area contributed by atoms with Crippen molar-refractivity contribution in [3.63, 3.8) is 0 Å². The molecular weight excluding hydrogens is 460 g/mol. The first kappa shape index (κ1) is 25.3. The maximum atomic E-state index is 12.5. The Bertz CT molecular complexity index is 977. The molecule has 0 saturated carbocycles. The molecule has 2 aromatic carbocycles. The monoisotopic (exact) mass is 480 g/mol. The zero-order chi connectivity index (χ0) is 23.9. The van der Waals surface area contributed by atoms with Crippen LogP contribution in [0.15, 0.2) is 30.3 Å². The fraction of sp³-hybridized carbons (Fsp3) is 0.263. The summed E-state index contributed by atoms with van der Waals surface area (Å²) in [6.45, 7) is -1.64. The molecule has 0 radical (unpaired) electrons. The van der Waals surface area contributed by atoms with E-state index in [0.717, 1.165) is 6.07 Å². The summed E-state index contributed by atoms with van der Waals surface area (Å²) < 4.78 is 72.6. The summed E-state index contributed by atoms with van der Waals surface area (Å²) in [5, 5.41) is 0. The molecule has 0 heterocycles. The molecular formula is C19H20F3O9P. The number of methoxy groups -OCH3 is 3. The van der Waals surface area contributed by atoms with Crippen LogP contribution in [-0.4, -0.2) is 43.9 Å². The maximum Gasteiger partial charge on any atom is 0.505 e. The number of phosphoric acid groups is 1. The molecule has 0 fully saturated rings. The Hall–Kier alpha value is -2.92. The van der Waals surface area contributed by atoms with Gasteiger partial charge in [-0.1, -0.05) is 22.9 Å². The van der Waals surface area contributed by atoms with Gasteiger partial charge in [-0.2, -0.15) is 13.2 Å². The van der Waals surface area contributed by atoms with Crippen molar-refractivity contribution in [1.82, 2.24) is 0 Å². The topological polar surface area (TPSA) is 113 Å². The second-order valence-electron chi connectivity index (χ2n) is 6.05. The lowest BCUT2D eigenvalue weighted by atomic mass is 10.1. The van der Waals surface area contributed by atoms with Crippen LogP contribution in [0, 0.1) is 0 Å². The summed E-state index contributed by atoms with van der Waals surface area (Å²) in [6, 6.07) is 7.04. The van der Waals surface area contributed by atoms with E-state index in [1.807, 2.05) is 0 Å². The van der Waals surface area contributed by atoms with Gasteiger partial charge < -0.3 is 33.6 Å². The quantitative estimate of drug-likeness (QED) is 0.223. The van der Waals surface area contributed by atoms with Crippen LogP contribution in [0.25, 0.3) is 12.2 Å². The number of ether oxygens (including phenoxy) is 4. The van der Waals surface area contributed by atoms with Gasteiger partial charge in [0.1, 0.15) is 0 Å². The van der Waals surface area contributed by atoms with Crippen LogP contribution < -0.4 is 23.8 Å². The molecule has 0 saturated heterocycles. The van der Waals surface area contributed by atoms with Gasteiger partial charge in [0.15, 0.2) is 23.9 Å². The summed E-state index contributed by atoms with van der Waals surface area (Å²) in [6.07, 6.45) is -1.45. The minimum Gasteiger partial charge on any atom is -0.493 e. The van der Waals surface area contributed by atoms with E-state index in [9.17, 15) is 17.7 Å². The lowest BCUT2D eigenvalue weighted by Crippen LogP contribution is -2.19. The first-order chi connectivity index (χ1) is 15.0. The number of benzene rings is 2. The Balaban J connectivity index is 2.34. The molecule has 2 N–H and O–H groups in total. The highest BCUT2D eigenvalue weighted by Crippen LogP contribution is 2.40. The molecule has 32 heavy (non-hydrogen) atoms. The minimum absolute atomic E-state index is 0.391. The average Bonchev–Trinajstić information content (AvgIpc) is 2.73. The van der Waals surface area contributed by atoms with Gasteiger partial charge in [-0.05, 0) is 35.4 Å². The molecule has 0 bridgehead atoms. The van der Waals surface area contributed by atoms with Crippen LogP contribution in [-0.2, 0) is 9.24 Å². The van der Waals surface area contributed by atoms with Gasteiger partial charge in [-0.15, -0.1) is 0 Å². The largest absolute Gasteiger partial charge is 0.505 e. The van der Waals surface area contributed by atoms with E-state index >= 15 is 0 Å². The summed E-state index contributed by atoms with van der Waals surface area (Å²) in [7, 11) is -0.700. The van der Waals surface area contributed by atoms with Crippen molar-refractivity contribution in [3.8, 4) is 28.7 Å². The normalized spacial score (nSPS) is 12.0. The Morgan fingerprint density at radius 1 is 0.875 bits per heavy atom. The van der Waals surface area contributed by atoms with E-state index < -0.39 is 32.1 Å². The molecule has 0 atom stereocenters. The van der Waals surface area contributed by atoms with E-state index in [-0.39, 0.29) is 0 Å². The third kappa shape index (κ3) is 7.65. The first-order valence-electron chi connectivity index (χ1n) is 8.69. The first-order valence-corrected chi connectivity index (χ1v) is 10.2. The SMILES string of the molecule is COc1cc(/C=C\c2ccc(OCC(F)(F)F)c(OOP(=O)(O)O)c2)cc(OC)c1OC. The number of hydrogen-bond acceptors (Lipinski definition) is 7. The van der Waals surface area contributed by atoms with Crippen LogP contribution >= 0.6 is 7.82 Å². The van der Waals surface area contributed by atoms with Gasteiger partial charge in [-0.3, -0.25) is 0 Å². The molecule has 2 rings (SSSR count). The van der Waals surface area contributed by atoms with Crippen molar-refractivity contribution in [2.24, 2.45) is 0 Å². The highest BCUT2D eigenvalue weighted by atomic mass is 31.2. The molecule has 176 valence electrons. The zero-order valence-electron chi connectivity index (χ0n) is 17.1. The molecule has 0 aliphatic rings. The summed E-state index contributed by atoms with van der Waals surface area (Å²) in [4.78, 5) is 22.1. The molecule has 0 spiro atoms. The second-order valence-corrected chi connectivity index (χ2v) is 7.18. The number of hydrogen-bond donors (Lipinski definition) is 2. The Morgan fingerprint density at radius 2 is 1.44 bits per heavy atom. The lowest BCUT2D eigenvalue weighted by molar-refractivity contribution is -0.156. The van der Waals surface area contributed by atoms with E-state index in [1.165, 1.54) is 33.5 Å². The van der Waals surface area contributed by atoms with Crippen LogP contribution in [0.2, 0.25) is 0 Å². The van der Waals surface area contributed by atoms with E-state index in [1.54, 1.807) is 24.3 Å². The van der Waals surface area contributed by atoms with Gasteiger partial charge in [0.05, 0.1) is 21.3 Å². The summed E-state index contributed by atoms with van der Waals surface area (Å²) in [5.74, 6) is 0.303. The minimum atomic E-state index is -5.06. The highest BCUT2D eigenvalue weighted by molar-refractivity contribution is 7.46. The Morgan fingerprint density at radius 3 is 1.94 bits per heavy atom. The van der Waals surface area contributed by atoms with Crippen molar-refractivity contribution < 1.29 is 56.0 Å². The predicted molar refractivity (Wildman–Crippen MR) is 107 cm³/mol. The van der Waals surface area contributed by atoms with Crippen molar-refractivity contribution in [2.45, 2.75) is 6.18 Å². The van der Waals surface area contributed by atoms with E-state index in [2.05, 4.69) is 14.3 Å². The smallest absolute Gasteiger partial charge is 0.493 e. The van der Waals surface area contributed by atoms with Gasteiger partial charge in [0.25, 0.3) is 0 Å². The fourth-order valence-corrected chi connectivity index (χ4v) is 2.63. The van der Waals surface area contributed by atoms with E-state index in [0.29, 0.717) is 28.4 Å². The molecule has 0 amide bonds. The van der Waals surface area contributed by atoms with Crippen LogP contribution in [0.5, 0.6) is 28.7 Å². The fourth-order valence-electron chi connectivity index (χ4n) is 2.45. The number of rotatable bonds is 10. The Labute approximate surface area is 181 Å². The zero-order valence-corrected chi connectivity index (χ0v) is 18.0. The molecule has 9 nitrogen and oxygen atoms in total.